The summed E-state index contributed by atoms with van der Waals surface area (Å²) in [5.74, 6) is 0.296. The largest absolute Gasteiger partial charge is 0.492 e. The highest BCUT2D eigenvalue weighted by molar-refractivity contribution is 5.99. The summed E-state index contributed by atoms with van der Waals surface area (Å²) in [6, 6.07) is 17.3. The standard InChI is InChI=1S/C22H20FN3O2/c1-2-28-19-8-4-3-7-18(19)25-21-20-17(6-5-13-24-20)22(27)26(21)14-15-9-11-16(23)12-10-15/h3-13,21,25H,2,14H2,1H3/t21-/m0/s1. The van der Waals surface area contributed by atoms with Crippen molar-refractivity contribution in [1.82, 2.24) is 9.88 Å². The lowest BCUT2D eigenvalue weighted by molar-refractivity contribution is 0.0727. The quantitative estimate of drug-likeness (QED) is 0.692. The van der Waals surface area contributed by atoms with Crippen LogP contribution in [-0.2, 0) is 6.54 Å². The number of nitrogens with zero attached hydrogens (tertiary/aromatic N) is 2. The molecule has 1 amide bonds. The minimum absolute atomic E-state index is 0.112. The summed E-state index contributed by atoms with van der Waals surface area (Å²) in [5, 5.41) is 3.41. The van der Waals surface area contributed by atoms with Crippen molar-refractivity contribution < 1.29 is 13.9 Å². The third-order valence-corrected chi connectivity index (χ3v) is 4.65. The van der Waals surface area contributed by atoms with Crippen LogP contribution in [0.25, 0.3) is 0 Å². The van der Waals surface area contributed by atoms with E-state index in [1.807, 2.05) is 31.2 Å². The van der Waals surface area contributed by atoms with Crippen LogP contribution in [0, 0.1) is 5.82 Å². The molecular formula is C22H20FN3O2. The molecule has 2 heterocycles. The van der Waals surface area contributed by atoms with Gasteiger partial charge in [-0.15, -0.1) is 0 Å². The molecule has 0 fully saturated rings. The monoisotopic (exact) mass is 377 g/mol. The number of ether oxygens (including phenoxy) is 1. The highest BCUT2D eigenvalue weighted by atomic mass is 19.1. The van der Waals surface area contributed by atoms with E-state index in [0.717, 1.165) is 11.3 Å². The average molecular weight is 377 g/mol. The molecule has 1 aliphatic heterocycles. The molecule has 142 valence electrons. The Bertz CT molecular complexity index is 991. The number of hydrogen-bond donors (Lipinski definition) is 1. The Labute approximate surface area is 162 Å². The average Bonchev–Trinajstić information content (AvgIpc) is 2.97. The molecule has 0 saturated carbocycles. The first kappa shape index (κ1) is 18.0. The number of benzene rings is 2. The van der Waals surface area contributed by atoms with Crippen molar-refractivity contribution in [1.29, 1.82) is 0 Å². The first-order valence-electron chi connectivity index (χ1n) is 9.16. The maximum atomic E-state index is 13.3. The lowest BCUT2D eigenvalue weighted by Gasteiger charge is -2.27. The van der Waals surface area contributed by atoms with Crippen molar-refractivity contribution >= 4 is 11.6 Å². The van der Waals surface area contributed by atoms with Crippen LogP contribution in [-0.4, -0.2) is 22.4 Å². The number of fused-ring (bicyclic) bond motifs is 1. The van der Waals surface area contributed by atoms with Crippen LogP contribution in [0.5, 0.6) is 5.75 Å². The summed E-state index contributed by atoms with van der Waals surface area (Å²) < 4.78 is 19.0. The zero-order valence-electron chi connectivity index (χ0n) is 15.4. The molecule has 0 radical (unpaired) electrons. The van der Waals surface area contributed by atoms with Gasteiger partial charge in [-0.25, -0.2) is 4.39 Å². The molecule has 5 nitrogen and oxygen atoms in total. The smallest absolute Gasteiger partial charge is 0.258 e. The number of carbonyl (C=O) groups excluding carboxylic acids is 1. The Hall–Kier alpha value is -3.41. The number of halogens is 1. The predicted octanol–water partition coefficient (Wildman–Crippen LogP) is 4.39. The van der Waals surface area contributed by atoms with Gasteiger partial charge in [0, 0.05) is 12.7 Å². The van der Waals surface area contributed by atoms with Gasteiger partial charge in [-0.2, -0.15) is 0 Å². The number of hydrogen-bond acceptors (Lipinski definition) is 4. The lowest BCUT2D eigenvalue weighted by Crippen LogP contribution is -2.32. The fraction of sp³-hybridized carbons (Fsp3) is 0.182. The Morgan fingerprint density at radius 3 is 2.68 bits per heavy atom. The number of para-hydroxylation sites is 2. The second kappa shape index (κ2) is 7.68. The van der Waals surface area contributed by atoms with Crippen LogP contribution in [0.3, 0.4) is 0 Å². The van der Waals surface area contributed by atoms with Gasteiger partial charge in [0.25, 0.3) is 5.91 Å². The molecule has 6 heteroatoms. The van der Waals surface area contributed by atoms with Crippen LogP contribution >= 0.6 is 0 Å². The highest BCUT2D eigenvalue weighted by Crippen LogP contribution is 2.36. The summed E-state index contributed by atoms with van der Waals surface area (Å²) in [6.07, 6.45) is 1.23. The molecule has 28 heavy (non-hydrogen) atoms. The summed E-state index contributed by atoms with van der Waals surface area (Å²) in [7, 11) is 0. The zero-order chi connectivity index (χ0) is 19.5. The summed E-state index contributed by atoms with van der Waals surface area (Å²) in [5.41, 5.74) is 2.86. The van der Waals surface area contributed by atoms with Crippen LogP contribution in [0.1, 0.15) is 34.7 Å². The molecule has 0 aliphatic carbocycles. The molecule has 0 bridgehead atoms. The minimum Gasteiger partial charge on any atom is -0.492 e. The van der Waals surface area contributed by atoms with Crippen molar-refractivity contribution in [2.75, 3.05) is 11.9 Å². The zero-order valence-corrected chi connectivity index (χ0v) is 15.4. The van der Waals surface area contributed by atoms with E-state index in [9.17, 15) is 9.18 Å². The summed E-state index contributed by atoms with van der Waals surface area (Å²) in [4.78, 5) is 19.2. The van der Waals surface area contributed by atoms with Gasteiger partial charge in [-0.05, 0) is 48.9 Å². The predicted molar refractivity (Wildman–Crippen MR) is 104 cm³/mol. The van der Waals surface area contributed by atoms with E-state index >= 15 is 0 Å². The van der Waals surface area contributed by atoms with Gasteiger partial charge in [0.2, 0.25) is 0 Å². The summed E-state index contributed by atoms with van der Waals surface area (Å²) in [6.45, 7) is 2.80. The third kappa shape index (κ3) is 3.41. The number of aromatic nitrogens is 1. The second-order valence-corrected chi connectivity index (χ2v) is 6.47. The highest BCUT2D eigenvalue weighted by Gasteiger charge is 2.38. The molecule has 0 saturated heterocycles. The van der Waals surface area contributed by atoms with Crippen LogP contribution < -0.4 is 10.1 Å². The van der Waals surface area contributed by atoms with Gasteiger partial charge < -0.3 is 15.0 Å². The normalized spacial score (nSPS) is 15.4. The van der Waals surface area contributed by atoms with Gasteiger partial charge in [-0.3, -0.25) is 9.78 Å². The van der Waals surface area contributed by atoms with Gasteiger partial charge in [0.1, 0.15) is 17.7 Å². The summed E-state index contributed by atoms with van der Waals surface area (Å²) >= 11 is 0. The first-order chi connectivity index (χ1) is 13.7. The van der Waals surface area contributed by atoms with Gasteiger partial charge in [0.15, 0.2) is 0 Å². The Morgan fingerprint density at radius 1 is 1.11 bits per heavy atom. The molecule has 0 unspecified atom stereocenters. The van der Waals surface area contributed by atoms with Crippen LogP contribution in [0.4, 0.5) is 10.1 Å². The van der Waals surface area contributed by atoms with Crippen molar-refractivity contribution in [3.63, 3.8) is 0 Å². The number of nitrogens with one attached hydrogen (secondary N) is 1. The minimum atomic E-state index is -0.449. The molecule has 0 spiro atoms. The second-order valence-electron chi connectivity index (χ2n) is 6.47. The van der Waals surface area contributed by atoms with E-state index in [1.165, 1.54) is 12.1 Å². The van der Waals surface area contributed by atoms with Crippen molar-refractivity contribution in [2.24, 2.45) is 0 Å². The molecule has 1 atom stereocenters. The number of amides is 1. The Morgan fingerprint density at radius 2 is 1.89 bits per heavy atom. The fourth-order valence-corrected chi connectivity index (χ4v) is 3.35. The van der Waals surface area contributed by atoms with Crippen molar-refractivity contribution in [3.05, 3.63) is 89.5 Å². The molecular weight excluding hydrogens is 357 g/mol. The Kier molecular flexibility index (Phi) is 4.93. The van der Waals surface area contributed by atoms with E-state index in [4.69, 9.17) is 4.74 Å². The Balaban J connectivity index is 1.69. The molecule has 3 aromatic rings. The van der Waals surface area contributed by atoms with E-state index in [1.54, 1.807) is 35.4 Å². The first-order valence-corrected chi connectivity index (χ1v) is 9.16. The van der Waals surface area contributed by atoms with Gasteiger partial charge in [-0.1, -0.05) is 24.3 Å². The van der Waals surface area contributed by atoms with Crippen LogP contribution in [0.15, 0.2) is 66.9 Å². The number of anilines is 1. The molecule has 2 aromatic carbocycles. The number of rotatable bonds is 6. The molecule has 1 aromatic heterocycles. The van der Waals surface area contributed by atoms with Crippen molar-refractivity contribution in [2.45, 2.75) is 19.6 Å². The topological polar surface area (TPSA) is 54.5 Å². The van der Waals surface area contributed by atoms with Crippen molar-refractivity contribution in [3.8, 4) is 5.75 Å². The maximum Gasteiger partial charge on any atom is 0.258 e. The molecule has 4 rings (SSSR count). The van der Waals surface area contributed by atoms with Crippen LogP contribution in [0.2, 0.25) is 0 Å². The van der Waals surface area contributed by atoms with Gasteiger partial charge in [0.05, 0.1) is 23.6 Å². The SMILES string of the molecule is CCOc1ccccc1N[C@@H]1c2ncccc2C(=O)N1Cc1ccc(F)cc1. The third-order valence-electron chi connectivity index (χ3n) is 4.65. The van der Waals surface area contributed by atoms with E-state index < -0.39 is 6.17 Å². The molecule has 1 N–H and O–H groups in total. The van der Waals surface area contributed by atoms with E-state index in [2.05, 4.69) is 10.3 Å². The van der Waals surface area contributed by atoms with E-state index in [0.29, 0.717) is 30.2 Å². The maximum absolute atomic E-state index is 13.3. The van der Waals surface area contributed by atoms with E-state index in [-0.39, 0.29) is 11.7 Å². The molecule has 1 aliphatic rings. The fourth-order valence-electron chi connectivity index (χ4n) is 3.35. The number of pyridine rings is 1. The lowest BCUT2D eigenvalue weighted by atomic mass is 10.2. The number of carbonyl (C=O) groups is 1. The van der Waals surface area contributed by atoms with Gasteiger partial charge >= 0.3 is 0 Å².